The summed E-state index contributed by atoms with van der Waals surface area (Å²) >= 11 is 2.27. The van der Waals surface area contributed by atoms with Gasteiger partial charge in [0.1, 0.15) is 28.8 Å². The molecule has 0 aliphatic heterocycles. The molecule has 10 rings (SSSR count). The molecular weight excluding hydrogens is 1280 g/mol. The Labute approximate surface area is 531 Å². The molecule has 9 aromatic rings. The maximum atomic E-state index is 14.2. The molecule has 12 nitrogen and oxygen atoms in total. The number of anilines is 2. The summed E-state index contributed by atoms with van der Waals surface area (Å²) in [5.74, 6) is -2.84. The molecule has 0 bridgehead atoms. The number of hydrogen-bond donors (Lipinski definition) is 4. The number of benzene rings is 7. The molecule has 2 heterocycles. The molecule has 4 N–H and O–H groups in total. The van der Waals surface area contributed by atoms with Gasteiger partial charge in [0, 0.05) is 23.8 Å². The van der Waals surface area contributed by atoms with E-state index < -0.39 is 77.4 Å². The highest BCUT2D eigenvalue weighted by molar-refractivity contribution is 7.17. The summed E-state index contributed by atoms with van der Waals surface area (Å²) in [6.45, 7) is 9.94. The van der Waals surface area contributed by atoms with Crippen LogP contribution in [0.25, 0.3) is 16.8 Å². The Morgan fingerprint density at radius 1 is 0.516 bits per heavy atom. The van der Waals surface area contributed by atoms with Crippen LogP contribution in [0.2, 0.25) is 0 Å². The van der Waals surface area contributed by atoms with Crippen molar-refractivity contribution in [3.05, 3.63) is 243 Å². The number of fused-ring (bicyclic) bond motifs is 1. The number of rotatable bonds is 17. The number of hydrogen-bond acceptors (Lipinski definition) is 10. The van der Waals surface area contributed by atoms with Crippen LogP contribution in [-0.4, -0.2) is 47.5 Å². The number of amides is 4. The summed E-state index contributed by atoms with van der Waals surface area (Å²) in [6, 6.07) is 39.4. The number of nitrogens with zero attached hydrogens (tertiary/aromatic N) is 2. The highest BCUT2D eigenvalue weighted by Gasteiger charge is 2.42. The zero-order valence-corrected chi connectivity index (χ0v) is 50.6. The molecule has 1 aliphatic rings. The molecule has 2 aromatic heterocycles. The minimum Gasteiger partial charge on any atom is -0.406 e. The number of thiazole rings is 2. The number of ether oxygens (including phenoxy) is 4. The van der Waals surface area contributed by atoms with E-state index in [2.05, 4.69) is 70.6 Å². The molecular formula is C66H53F13N6O6S2. The third-order valence-corrected chi connectivity index (χ3v) is 16.2. The first-order valence-electron chi connectivity index (χ1n) is 27.8. The van der Waals surface area contributed by atoms with Crippen molar-refractivity contribution in [1.29, 1.82) is 0 Å². The Hall–Kier alpha value is -9.63. The van der Waals surface area contributed by atoms with Gasteiger partial charge >= 0.3 is 37.5 Å². The number of halogens is 13. The Morgan fingerprint density at radius 2 is 0.914 bits per heavy atom. The Kier molecular flexibility index (Phi) is 19.9. The van der Waals surface area contributed by atoms with E-state index in [0.29, 0.717) is 34.4 Å². The van der Waals surface area contributed by atoms with Gasteiger partial charge in [0.15, 0.2) is 10.3 Å². The molecule has 27 heteroatoms. The van der Waals surface area contributed by atoms with Crippen molar-refractivity contribution in [2.45, 2.75) is 83.0 Å². The van der Waals surface area contributed by atoms with E-state index in [1.54, 1.807) is 85.1 Å². The molecule has 0 fully saturated rings. The van der Waals surface area contributed by atoms with Gasteiger partial charge in [-0.1, -0.05) is 153 Å². The number of allylic oxidation sites excluding steroid dienone is 1. The van der Waals surface area contributed by atoms with Gasteiger partial charge in [-0.2, -0.15) is 0 Å². The fraction of sp³-hybridized carbons (Fsp3) is 0.212. The van der Waals surface area contributed by atoms with Crippen molar-refractivity contribution in [3.8, 4) is 34.3 Å². The lowest BCUT2D eigenvalue weighted by Crippen LogP contribution is -2.50. The second kappa shape index (κ2) is 27.3. The highest BCUT2D eigenvalue weighted by Crippen LogP contribution is 2.45. The van der Waals surface area contributed by atoms with Crippen LogP contribution >= 0.6 is 22.7 Å². The van der Waals surface area contributed by atoms with Crippen LogP contribution < -0.4 is 40.2 Å². The minimum atomic E-state index is -5.05. The van der Waals surface area contributed by atoms with Gasteiger partial charge in [-0.3, -0.25) is 10.6 Å². The lowest BCUT2D eigenvalue weighted by Gasteiger charge is -2.37. The van der Waals surface area contributed by atoms with Crippen molar-refractivity contribution < 1.29 is 85.6 Å². The molecule has 486 valence electrons. The van der Waals surface area contributed by atoms with Crippen LogP contribution in [-0.2, 0) is 30.3 Å². The molecule has 1 aliphatic carbocycles. The number of carbonyl (C=O) groups is 2. The molecule has 0 unspecified atom stereocenters. The van der Waals surface area contributed by atoms with Crippen LogP contribution in [0, 0.1) is 18.2 Å². The molecule has 93 heavy (non-hydrogen) atoms. The number of carbonyl (C=O) groups excluding carboxylic acids is 2. The summed E-state index contributed by atoms with van der Waals surface area (Å²) in [5, 5.41) is 12.9. The van der Waals surface area contributed by atoms with E-state index >= 15 is 0 Å². The first-order chi connectivity index (χ1) is 43.7. The molecule has 7 aromatic carbocycles. The number of aryl methyl sites for hydroxylation is 1. The smallest absolute Gasteiger partial charge is 0.406 e. The normalized spacial score (nSPS) is 13.4. The summed E-state index contributed by atoms with van der Waals surface area (Å²) in [7, 11) is 0. The van der Waals surface area contributed by atoms with Gasteiger partial charge in [-0.15, -0.1) is 64.0 Å². The zero-order valence-electron chi connectivity index (χ0n) is 48.9. The number of alkyl halides is 12. The standard InChI is InChI=1S/C33H24F7N3O3S.C33H29F6N3O3S/c1-20-13-14-22(15-27(20)34)28-19-47-30(41-28)42-29(44)43-31(18-21-7-3-2-4-8-21,23-9-5-11-25(16-23)45-32(35,36)37)24-10-6-12-26(17-24)46-33(38,39)40;1-20-17-30(2,3)19-26-27(20)46-29(40-26)41-28(43)42-31(18-21-9-5-4-6-10-21,22-11-7-13-24(15-22)44-32(34,35)36)23-12-8-14-25(16-23)45-33(37,38)39/h2-17,19H,18H2,1H3,(H2,41,42,43,44);4-16H,1,17-19H2,2-3H3,(H2,40,41,42,43). The lowest BCUT2D eigenvalue weighted by atomic mass is 9.77. The van der Waals surface area contributed by atoms with Crippen molar-refractivity contribution in [3.63, 3.8) is 0 Å². The topological polar surface area (TPSA) is 145 Å². The molecule has 0 spiro atoms. The molecule has 0 saturated heterocycles. The second-order valence-corrected chi connectivity index (χ2v) is 23.9. The van der Waals surface area contributed by atoms with E-state index in [0.717, 1.165) is 82.4 Å². The van der Waals surface area contributed by atoms with Gasteiger partial charge in [0.05, 0.1) is 27.3 Å². The first-order valence-corrected chi connectivity index (χ1v) is 29.5. The van der Waals surface area contributed by atoms with Crippen molar-refractivity contribution >= 4 is 50.6 Å². The molecule has 0 atom stereocenters. The monoisotopic (exact) mass is 1340 g/mol. The number of aromatic nitrogens is 2. The fourth-order valence-corrected chi connectivity index (χ4v) is 12.3. The van der Waals surface area contributed by atoms with Crippen molar-refractivity contribution in [2.75, 3.05) is 10.6 Å². The van der Waals surface area contributed by atoms with E-state index in [-0.39, 0.29) is 50.8 Å². The van der Waals surface area contributed by atoms with Crippen LogP contribution in [0.15, 0.2) is 188 Å². The van der Waals surface area contributed by atoms with Gasteiger partial charge in [0.25, 0.3) is 0 Å². The highest BCUT2D eigenvalue weighted by atomic mass is 32.1. The van der Waals surface area contributed by atoms with Crippen molar-refractivity contribution in [1.82, 2.24) is 20.6 Å². The van der Waals surface area contributed by atoms with Gasteiger partial charge in [0.2, 0.25) is 0 Å². The van der Waals surface area contributed by atoms with Crippen LogP contribution in [0.4, 0.5) is 76.9 Å². The van der Waals surface area contributed by atoms with E-state index in [1.807, 2.05) is 0 Å². The quantitative estimate of drug-likeness (QED) is 0.0660. The molecule has 0 saturated carbocycles. The van der Waals surface area contributed by atoms with Gasteiger partial charge in [-0.05, 0) is 124 Å². The predicted octanol–water partition coefficient (Wildman–Crippen LogP) is 18.6. The number of nitrogens with one attached hydrogen (secondary N) is 4. The molecule has 0 radical (unpaired) electrons. The zero-order chi connectivity index (χ0) is 67.2. The van der Waals surface area contributed by atoms with Crippen LogP contribution in [0.1, 0.15) is 69.8 Å². The third-order valence-electron chi connectivity index (χ3n) is 14.3. The molecule has 4 amide bonds. The SMILES string of the molecule is C=C1CC(C)(C)Cc2nc(NC(=O)NC(Cc3ccccc3)(c3cccc(OC(F)(F)F)c3)c3cccc(OC(F)(F)F)c3)sc21.Cc1ccc(-c2csc(NC(=O)NC(Cc3ccccc3)(c3cccc(OC(F)(F)F)c3)c3cccc(OC(F)(F)F)c3)n2)cc1F. The summed E-state index contributed by atoms with van der Waals surface area (Å²) in [4.78, 5) is 37.3. The Balaban J connectivity index is 0.000000219. The summed E-state index contributed by atoms with van der Waals surface area (Å²) in [6.07, 6.45) is -18.9. The maximum Gasteiger partial charge on any atom is 0.573 e. The average Bonchev–Trinajstić information content (AvgIpc) is 1.75. The van der Waals surface area contributed by atoms with E-state index in [4.69, 9.17) is 0 Å². The lowest BCUT2D eigenvalue weighted by molar-refractivity contribution is -0.275. The van der Waals surface area contributed by atoms with Crippen LogP contribution in [0.3, 0.4) is 0 Å². The summed E-state index contributed by atoms with van der Waals surface area (Å²) in [5.41, 5.74) is 0.849. The van der Waals surface area contributed by atoms with Gasteiger partial charge < -0.3 is 29.6 Å². The van der Waals surface area contributed by atoms with E-state index in [1.165, 1.54) is 65.9 Å². The van der Waals surface area contributed by atoms with Crippen molar-refractivity contribution in [2.24, 2.45) is 5.41 Å². The average molecular weight is 1340 g/mol. The maximum absolute atomic E-state index is 14.2. The Bertz CT molecular complexity index is 4000. The number of urea groups is 2. The fourth-order valence-electron chi connectivity index (χ4n) is 10.6. The second-order valence-electron chi connectivity index (χ2n) is 22.0. The first kappa shape index (κ1) is 67.8. The largest absolute Gasteiger partial charge is 0.573 e. The third kappa shape index (κ3) is 18.3. The van der Waals surface area contributed by atoms with Crippen LogP contribution in [0.5, 0.6) is 23.0 Å². The predicted molar refractivity (Wildman–Crippen MR) is 324 cm³/mol. The van der Waals surface area contributed by atoms with E-state index in [9.17, 15) is 66.7 Å². The minimum absolute atomic E-state index is 0.0531. The van der Waals surface area contributed by atoms with Gasteiger partial charge in [-0.25, -0.2) is 23.9 Å². The Morgan fingerprint density at radius 3 is 1.30 bits per heavy atom. The summed E-state index contributed by atoms with van der Waals surface area (Å²) < 4.78 is 190.